The van der Waals surface area contributed by atoms with E-state index in [1.807, 2.05) is 6.08 Å². The number of allylic oxidation sites excluding steroid dienone is 1. The number of hydrogen-bond donors (Lipinski definition) is 0. The molecule has 0 saturated carbocycles. The van der Waals surface area contributed by atoms with E-state index in [9.17, 15) is 0 Å². The van der Waals surface area contributed by atoms with Crippen LogP contribution in [0.2, 0.25) is 0 Å². The van der Waals surface area contributed by atoms with Crippen LogP contribution in [-0.2, 0) is 0 Å². The molecule has 0 heteroatoms. The smallest absolute Gasteiger partial charge is 0.00325 e. The highest BCUT2D eigenvalue weighted by atomic mass is 14.2. The van der Waals surface area contributed by atoms with Gasteiger partial charge in [-0.3, -0.25) is 0 Å². The van der Waals surface area contributed by atoms with Crippen molar-refractivity contribution >= 4 is 44.5 Å². The number of fused-ring (bicyclic) bond motifs is 6. The lowest BCUT2D eigenvalue weighted by Crippen LogP contribution is -2.24. The molecule has 0 fully saturated rings. The van der Waals surface area contributed by atoms with Crippen LogP contribution in [0.15, 0.2) is 91.5 Å². The maximum Gasteiger partial charge on any atom is -0.00325 e. The van der Waals surface area contributed by atoms with Crippen LogP contribution in [0.25, 0.3) is 55.6 Å². The summed E-state index contributed by atoms with van der Waals surface area (Å²) in [4.78, 5) is 0. The molecule has 0 atom stereocenters. The predicted octanol–water partition coefficient (Wildman–Crippen LogP) is 5.92. The van der Waals surface area contributed by atoms with E-state index >= 15 is 0 Å². The molecule has 0 radical (unpaired) electrons. The highest BCUT2D eigenvalue weighted by Crippen LogP contribution is 2.37. The summed E-state index contributed by atoms with van der Waals surface area (Å²) in [5.74, 6) is 0. The fourth-order valence-corrected chi connectivity index (χ4v) is 4.68. The Kier molecular flexibility index (Phi) is 2.99. The van der Waals surface area contributed by atoms with Gasteiger partial charge in [0, 0.05) is 0 Å². The molecule has 1 aliphatic rings. The average Bonchev–Trinajstić information content (AvgIpc) is 3.03. The molecule has 0 spiro atoms. The summed E-state index contributed by atoms with van der Waals surface area (Å²) in [6, 6.07) is 28.8. The van der Waals surface area contributed by atoms with Gasteiger partial charge in [0.05, 0.1) is 0 Å². The zero-order valence-electron chi connectivity index (χ0n) is 15.5. The van der Waals surface area contributed by atoms with Gasteiger partial charge in [-0.1, -0.05) is 61.7 Å². The van der Waals surface area contributed by atoms with E-state index in [0.717, 1.165) is 5.22 Å². The van der Waals surface area contributed by atoms with Crippen molar-refractivity contribution in [2.45, 2.75) is 0 Å². The molecule has 5 aromatic carbocycles. The lowest BCUT2D eigenvalue weighted by molar-refractivity contribution is 1.54. The molecule has 0 aromatic heterocycles. The van der Waals surface area contributed by atoms with Gasteiger partial charge in [-0.15, -0.1) is 0 Å². The van der Waals surface area contributed by atoms with Crippen LogP contribution in [-0.4, -0.2) is 0 Å². The van der Waals surface area contributed by atoms with Crippen molar-refractivity contribution in [3.05, 3.63) is 108 Å². The van der Waals surface area contributed by atoms with Crippen molar-refractivity contribution < 1.29 is 0 Å². The summed E-state index contributed by atoms with van der Waals surface area (Å²) in [5.41, 5.74) is 4.99. The normalized spacial score (nSPS) is 12.5. The van der Waals surface area contributed by atoms with Gasteiger partial charge in [-0.05, 0) is 101 Å². The van der Waals surface area contributed by atoms with Crippen LogP contribution in [0.5, 0.6) is 0 Å². The van der Waals surface area contributed by atoms with E-state index in [1.54, 1.807) is 0 Å². The van der Waals surface area contributed by atoms with Gasteiger partial charge in [0.2, 0.25) is 0 Å². The molecule has 0 aliphatic heterocycles. The van der Waals surface area contributed by atoms with E-state index < -0.39 is 0 Å². The summed E-state index contributed by atoms with van der Waals surface area (Å²) < 4.78 is 0. The van der Waals surface area contributed by atoms with Crippen LogP contribution < -0.4 is 10.4 Å². The van der Waals surface area contributed by atoms with Crippen LogP contribution in [0.4, 0.5) is 0 Å². The zero-order chi connectivity index (χ0) is 18.8. The van der Waals surface area contributed by atoms with Crippen LogP contribution in [0.1, 0.15) is 5.56 Å². The molecule has 0 bridgehead atoms. The first kappa shape index (κ1) is 15.4. The summed E-state index contributed by atoms with van der Waals surface area (Å²) in [5, 5.41) is 9.93. The number of rotatable bonds is 1. The topological polar surface area (TPSA) is 0 Å². The van der Waals surface area contributed by atoms with Gasteiger partial charge in [0.15, 0.2) is 0 Å². The molecule has 5 aromatic rings. The molecule has 0 unspecified atom stereocenters. The fourth-order valence-electron chi connectivity index (χ4n) is 4.68. The summed E-state index contributed by atoms with van der Waals surface area (Å²) in [7, 11) is 0. The van der Waals surface area contributed by atoms with Gasteiger partial charge >= 0.3 is 0 Å². The summed E-state index contributed by atoms with van der Waals surface area (Å²) in [6.07, 6.45) is 1.97. The second-order valence-electron chi connectivity index (χ2n) is 7.60. The molecule has 0 saturated heterocycles. The van der Waals surface area contributed by atoms with Crippen molar-refractivity contribution in [2.24, 2.45) is 0 Å². The average molecular weight is 354 g/mol. The quantitative estimate of drug-likeness (QED) is 0.328. The van der Waals surface area contributed by atoms with Crippen molar-refractivity contribution in [3.63, 3.8) is 0 Å². The molecular formula is C28H18. The Labute approximate surface area is 163 Å². The van der Waals surface area contributed by atoms with E-state index in [-0.39, 0.29) is 0 Å². The first-order valence-electron chi connectivity index (χ1n) is 9.59. The Morgan fingerprint density at radius 1 is 0.536 bits per heavy atom. The monoisotopic (exact) mass is 354 g/mol. The second kappa shape index (κ2) is 5.43. The Morgan fingerprint density at radius 3 is 1.75 bits per heavy atom. The van der Waals surface area contributed by atoms with Gasteiger partial charge < -0.3 is 0 Å². The molecular weight excluding hydrogens is 336 g/mol. The van der Waals surface area contributed by atoms with Crippen LogP contribution in [0, 0.1) is 0 Å². The van der Waals surface area contributed by atoms with Gasteiger partial charge in [0.25, 0.3) is 0 Å². The highest BCUT2D eigenvalue weighted by Gasteiger charge is 2.19. The van der Waals surface area contributed by atoms with Crippen molar-refractivity contribution in [1.29, 1.82) is 0 Å². The van der Waals surface area contributed by atoms with Crippen molar-refractivity contribution in [2.75, 3.05) is 0 Å². The minimum atomic E-state index is 1.06. The van der Waals surface area contributed by atoms with E-state index in [1.165, 1.54) is 59.8 Å². The predicted molar refractivity (Wildman–Crippen MR) is 122 cm³/mol. The third kappa shape index (κ3) is 2.00. The Bertz CT molecular complexity index is 1580. The molecule has 0 amide bonds. The first-order valence-corrected chi connectivity index (χ1v) is 9.59. The van der Waals surface area contributed by atoms with E-state index in [2.05, 4.69) is 92.0 Å². The minimum absolute atomic E-state index is 1.06. The van der Waals surface area contributed by atoms with E-state index in [4.69, 9.17) is 0 Å². The molecule has 28 heavy (non-hydrogen) atoms. The molecule has 0 N–H and O–H groups in total. The maximum atomic E-state index is 4.25. The maximum absolute atomic E-state index is 4.25. The zero-order valence-corrected chi connectivity index (χ0v) is 15.5. The van der Waals surface area contributed by atoms with Crippen LogP contribution in [0.3, 0.4) is 0 Å². The Morgan fingerprint density at radius 2 is 1.11 bits per heavy atom. The van der Waals surface area contributed by atoms with Crippen molar-refractivity contribution in [3.8, 4) is 11.1 Å². The molecule has 1 aliphatic carbocycles. The Hall–Kier alpha value is -3.64. The lowest BCUT2D eigenvalue weighted by atomic mass is 9.94. The fraction of sp³-hybridized carbons (Fsp3) is 0. The van der Waals surface area contributed by atoms with Crippen molar-refractivity contribution in [1.82, 2.24) is 0 Å². The third-order valence-electron chi connectivity index (χ3n) is 6.00. The largest absolute Gasteiger partial charge is 0.0984 e. The lowest BCUT2D eigenvalue weighted by Gasteiger charge is -2.09. The molecule has 0 nitrogen and oxygen atoms in total. The van der Waals surface area contributed by atoms with Gasteiger partial charge in [-0.25, -0.2) is 0 Å². The van der Waals surface area contributed by atoms with Gasteiger partial charge in [-0.2, -0.15) is 0 Å². The Balaban J connectivity index is 1.73. The molecule has 0 heterocycles. The summed E-state index contributed by atoms with van der Waals surface area (Å²) >= 11 is 0. The van der Waals surface area contributed by atoms with Crippen LogP contribution >= 0.6 is 0 Å². The molecule has 6 rings (SSSR count). The number of hydrogen-bond acceptors (Lipinski definition) is 0. The third-order valence-corrected chi connectivity index (χ3v) is 6.00. The molecule has 130 valence electrons. The SMILES string of the molecule is C=CC1=c2c(cccc2=C)-c2cc3cc4cc5ccccc5cc4cc3cc21. The highest BCUT2D eigenvalue weighted by molar-refractivity contribution is 6.08. The first-order chi connectivity index (χ1) is 13.7. The second-order valence-corrected chi connectivity index (χ2v) is 7.60. The van der Waals surface area contributed by atoms with E-state index in [0.29, 0.717) is 0 Å². The minimum Gasteiger partial charge on any atom is -0.0984 e. The van der Waals surface area contributed by atoms with Gasteiger partial charge in [0.1, 0.15) is 0 Å². The summed E-state index contributed by atoms with van der Waals surface area (Å²) in [6.45, 7) is 8.33. The standard InChI is InChI=1S/C28H18/c1-3-24-26-15-22-13-20-11-18-8-4-5-9-19(18)12-21(20)14-23(22)16-27(26)25-10-6-7-17(2)28(24)25/h3-16H,1-2H2. The number of benzene rings is 5.